The fourth-order valence-electron chi connectivity index (χ4n) is 4.44. The van der Waals surface area contributed by atoms with Gasteiger partial charge in [0.25, 0.3) is 5.91 Å². The zero-order valence-corrected chi connectivity index (χ0v) is 17.8. The molecule has 160 valence electrons. The van der Waals surface area contributed by atoms with E-state index in [-0.39, 0.29) is 18.1 Å². The number of hydrogen-bond donors (Lipinski definition) is 1. The summed E-state index contributed by atoms with van der Waals surface area (Å²) >= 11 is 0. The lowest BCUT2D eigenvalue weighted by Gasteiger charge is -2.32. The van der Waals surface area contributed by atoms with E-state index in [9.17, 15) is 4.79 Å². The fourth-order valence-corrected chi connectivity index (χ4v) is 4.44. The molecule has 1 aliphatic carbocycles. The third-order valence-corrected chi connectivity index (χ3v) is 6.19. The molecule has 5 nitrogen and oxygen atoms in total. The predicted octanol–water partition coefficient (Wildman–Crippen LogP) is 4.41. The standard InChI is InChI=1S/C25H32N2O3/c1-29-24-17-20(11-12-23(24)30-22-9-5-6-10-22)25(28)26-21-13-15-27(16-14-21)18-19-7-3-2-4-8-19/h2-4,7-8,11-12,17,21-22H,5-6,9-10,13-16,18H2,1H3,(H,26,28). The van der Waals surface area contributed by atoms with E-state index in [4.69, 9.17) is 9.47 Å². The van der Waals surface area contributed by atoms with Crippen LogP contribution >= 0.6 is 0 Å². The van der Waals surface area contributed by atoms with Crippen molar-refractivity contribution in [3.63, 3.8) is 0 Å². The minimum atomic E-state index is -0.0396. The number of nitrogens with one attached hydrogen (secondary N) is 1. The predicted molar refractivity (Wildman–Crippen MR) is 118 cm³/mol. The van der Waals surface area contributed by atoms with Crippen LogP contribution < -0.4 is 14.8 Å². The van der Waals surface area contributed by atoms with Crippen molar-refractivity contribution in [2.45, 2.75) is 57.2 Å². The van der Waals surface area contributed by atoms with Crippen molar-refractivity contribution in [3.05, 3.63) is 59.7 Å². The normalized spacial score (nSPS) is 18.3. The smallest absolute Gasteiger partial charge is 0.251 e. The topological polar surface area (TPSA) is 50.8 Å². The molecule has 0 aromatic heterocycles. The summed E-state index contributed by atoms with van der Waals surface area (Å²) in [6.07, 6.45) is 6.83. The van der Waals surface area contributed by atoms with Crippen molar-refractivity contribution in [3.8, 4) is 11.5 Å². The Morgan fingerprint density at radius 2 is 1.73 bits per heavy atom. The molecular formula is C25H32N2O3. The van der Waals surface area contributed by atoms with Gasteiger partial charge in [-0.15, -0.1) is 0 Å². The van der Waals surface area contributed by atoms with Gasteiger partial charge in [0.2, 0.25) is 0 Å². The Hall–Kier alpha value is -2.53. The van der Waals surface area contributed by atoms with Gasteiger partial charge in [-0.25, -0.2) is 0 Å². The summed E-state index contributed by atoms with van der Waals surface area (Å²) in [5.41, 5.74) is 1.96. The van der Waals surface area contributed by atoms with E-state index < -0.39 is 0 Å². The first-order valence-corrected chi connectivity index (χ1v) is 11.1. The molecule has 30 heavy (non-hydrogen) atoms. The quantitative estimate of drug-likeness (QED) is 0.737. The number of methoxy groups -OCH3 is 1. The van der Waals surface area contributed by atoms with Gasteiger partial charge in [-0.1, -0.05) is 30.3 Å². The van der Waals surface area contributed by atoms with Crippen LogP contribution in [-0.2, 0) is 6.54 Å². The average molecular weight is 409 g/mol. The number of piperidine rings is 1. The summed E-state index contributed by atoms with van der Waals surface area (Å²) in [6.45, 7) is 2.97. The van der Waals surface area contributed by atoms with Crippen LogP contribution in [0.25, 0.3) is 0 Å². The van der Waals surface area contributed by atoms with Crippen molar-refractivity contribution < 1.29 is 14.3 Å². The summed E-state index contributed by atoms with van der Waals surface area (Å²) in [7, 11) is 1.63. The fraction of sp³-hybridized carbons (Fsp3) is 0.480. The van der Waals surface area contributed by atoms with Crippen LogP contribution in [0.4, 0.5) is 0 Å². The highest BCUT2D eigenvalue weighted by molar-refractivity contribution is 5.95. The molecule has 2 aliphatic rings. The molecule has 1 N–H and O–H groups in total. The van der Waals surface area contributed by atoms with E-state index in [1.54, 1.807) is 13.2 Å². The number of hydrogen-bond acceptors (Lipinski definition) is 4. The van der Waals surface area contributed by atoms with Gasteiger partial charge in [-0.3, -0.25) is 9.69 Å². The van der Waals surface area contributed by atoms with Crippen molar-refractivity contribution in [2.75, 3.05) is 20.2 Å². The molecular weight excluding hydrogens is 376 g/mol. The minimum absolute atomic E-state index is 0.0396. The van der Waals surface area contributed by atoms with Crippen LogP contribution in [0.5, 0.6) is 11.5 Å². The van der Waals surface area contributed by atoms with Gasteiger partial charge in [-0.2, -0.15) is 0 Å². The zero-order valence-electron chi connectivity index (χ0n) is 17.8. The summed E-state index contributed by atoms with van der Waals surface area (Å²) < 4.78 is 11.6. The molecule has 0 unspecified atom stereocenters. The lowest BCUT2D eigenvalue weighted by Crippen LogP contribution is -2.44. The molecule has 2 aromatic rings. The summed E-state index contributed by atoms with van der Waals surface area (Å²) in [5.74, 6) is 1.32. The highest BCUT2D eigenvalue weighted by Crippen LogP contribution is 2.32. The maximum Gasteiger partial charge on any atom is 0.251 e. The molecule has 4 rings (SSSR count). The maximum atomic E-state index is 12.8. The Balaban J connectivity index is 1.29. The largest absolute Gasteiger partial charge is 0.493 e. The molecule has 1 saturated heterocycles. The first kappa shape index (κ1) is 20.7. The van der Waals surface area contributed by atoms with E-state index in [1.807, 2.05) is 18.2 Å². The number of carbonyl (C=O) groups is 1. The Bertz CT molecular complexity index is 826. The second kappa shape index (κ2) is 9.98. The zero-order chi connectivity index (χ0) is 20.8. The molecule has 0 spiro atoms. The van der Waals surface area contributed by atoms with Gasteiger partial charge in [0.15, 0.2) is 11.5 Å². The molecule has 1 amide bonds. The molecule has 1 aliphatic heterocycles. The van der Waals surface area contributed by atoms with E-state index in [0.29, 0.717) is 11.3 Å². The highest BCUT2D eigenvalue weighted by atomic mass is 16.5. The molecule has 0 radical (unpaired) electrons. The van der Waals surface area contributed by atoms with Crippen molar-refractivity contribution >= 4 is 5.91 Å². The number of carbonyl (C=O) groups excluding carboxylic acids is 1. The van der Waals surface area contributed by atoms with Gasteiger partial charge in [0.1, 0.15) is 0 Å². The monoisotopic (exact) mass is 408 g/mol. The minimum Gasteiger partial charge on any atom is -0.493 e. The summed E-state index contributed by atoms with van der Waals surface area (Å²) in [6, 6.07) is 16.3. The third-order valence-electron chi connectivity index (χ3n) is 6.19. The lowest BCUT2D eigenvalue weighted by molar-refractivity contribution is 0.0908. The van der Waals surface area contributed by atoms with Crippen LogP contribution in [0.3, 0.4) is 0 Å². The van der Waals surface area contributed by atoms with Gasteiger partial charge in [-0.05, 0) is 62.3 Å². The Kier molecular flexibility index (Phi) is 6.90. The SMILES string of the molecule is COc1cc(C(=O)NC2CCN(Cc3ccccc3)CC2)ccc1OC1CCCC1. The lowest BCUT2D eigenvalue weighted by atomic mass is 10.0. The van der Waals surface area contributed by atoms with Gasteiger partial charge in [0, 0.05) is 31.2 Å². The second-order valence-electron chi connectivity index (χ2n) is 8.40. The van der Waals surface area contributed by atoms with Crippen LogP contribution in [0.2, 0.25) is 0 Å². The Morgan fingerprint density at radius 1 is 1.00 bits per heavy atom. The second-order valence-corrected chi connectivity index (χ2v) is 8.40. The summed E-state index contributed by atoms with van der Waals surface area (Å²) in [4.78, 5) is 15.2. The van der Waals surface area contributed by atoms with Crippen molar-refractivity contribution in [1.82, 2.24) is 10.2 Å². The van der Waals surface area contributed by atoms with Gasteiger partial charge >= 0.3 is 0 Å². The van der Waals surface area contributed by atoms with Crippen LogP contribution in [0.1, 0.15) is 54.4 Å². The number of ether oxygens (including phenoxy) is 2. The molecule has 5 heteroatoms. The molecule has 1 heterocycles. The van der Waals surface area contributed by atoms with E-state index in [2.05, 4.69) is 34.5 Å². The van der Waals surface area contributed by atoms with E-state index >= 15 is 0 Å². The summed E-state index contributed by atoms with van der Waals surface area (Å²) in [5, 5.41) is 3.20. The third kappa shape index (κ3) is 5.33. The first-order chi connectivity index (χ1) is 14.7. The maximum absolute atomic E-state index is 12.8. The number of nitrogens with zero attached hydrogens (tertiary/aromatic N) is 1. The molecule has 0 atom stereocenters. The number of rotatable bonds is 7. The molecule has 2 fully saturated rings. The molecule has 2 aromatic carbocycles. The van der Waals surface area contributed by atoms with Crippen molar-refractivity contribution in [1.29, 1.82) is 0 Å². The highest BCUT2D eigenvalue weighted by Gasteiger charge is 2.23. The Morgan fingerprint density at radius 3 is 2.43 bits per heavy atom. The average Bonchev–Trinajstić information content (AvgIpc) is 3.29. The van der Waals surface area contributed by atoms with E-state index in [1.165, 1.54) is 18.4 Å². The van der Waals surface area contributed by atoms with E-state index in [0.717, 1.165) is 51.1 Å². The van der Waals surface area contributed by atoms with Crippen LogP contribution in [0.15, 0.2) is 48.5 Å². The number of likely N-dealkylation sites (tertiary alicyclic amines) is 1. The van der Waals surface area contributed by atoms with Crippen LogP contribution in [0, 0.1) is 0 Å². The van der Waals surface area contributed by atoms with Crippen molar-refractivity contribution in [2.24, 2.45) is 0 Å². The Labute approximate surface area is 179 Å². The number of benzene rings is 2. The molecule has 0 bridgehead atoms. The first-order valence-electron chi connectivity index (χ1n) is 11.1. The van der Waals surface area contributed by atoms with Gasteiger partial charge < -0.3 is 14.8 Å². The van der Waals surface area contributed by atoms with Crippen LogP contribution in [-0.4, -0.2) is 43.2 Å². The number of amides is 1. The van der Waals surface area contributed by atoms with Gasteiger partial charge in [0.05, 0.1) is 13.2 Å². The molecule has 1 saturated carbocycles.